The first-order valence-corrected chi connectivity index (χ1v) is 5.31. The zero-order valence-corrected chi connectivity index (χ0v) is 10.2. The van der Waals surface area contributed by atoms with E-state index in [1.165, 1.54) is 5.56 Å². The number of nitrogen functional groups attached to an aromatic ring is 1. The molecule has 0 amide bonds. The first-order chi connectivity index (χ1) is 8.16. The van der Waals surface area contributed by atoms with Gasteiger partial charge in [-0.3, -0.25) is 4.98 Å². The van der Waals surface area contributed by atoms with Crippen LogP contribution < -0.4 is 5.73 Å². The van der Waals surface area contributed by atoms with Crippen molar-refractivity contribution in [1.82, 2.24) is 4.98 Å². The Hall–Kier alpha value is -2.16. The number of aryl methyl sites for hydroxylation is 2. The average molecular weight is 229 g/mol. The van der Waals surface area contributed by atoms with Gasteiger partial charge in [0, 0.05) is 13.2 Å². The summed E-state index contributed by atoms with van der Waals surface area (Å²) in [6.45, 7) is 6.49. The zero-order valence-electron chi connectivity index (χ0n) is 10.2. The molecule has 0 saturated carbocycles. The molecule has 0 spiro atoms. The topological polar surface area (TPSA) is 62.8 Å². The number of anilines is 1. The van der Waals surface area contributed by atoms with Crippen LogP contribution in [0.1, 0.15) is 12.7 Å². The fraction of sp³-hybridized carbons (Fsp3) is 0.143. The first kappa shape index (κ1) is 12.9. The van der Waals surface area contributed by atoms with Crippen molar-refractivity contribution < 1.29 is 1.43 Å². The van der Waals surface area contributed by atoms with Crippen molar-refractivity contribution in [3.8, 4) is 11.1 Å². The zero-order chi connectivity index (χ0) is 12.8. The number of pyridine rings is 1. The molecule has 90 valence electrons. The Labute approximate surface area is 103 Å². The Morgan fingerprint density at radius 1 is 1.12 bits per heavy atom. The predicted molar refractivity (Wildman–Crippen MR) is 75.5 cm³/mol. The van der Waals surface area contributed by atoms with E-state index in [9.17, 15) is 0 Å². The minimum absolute atomic E-state index is 0. The van der Waals surface area contributed by atoms with Crippen molar-refractivity contribution in [2.24, 2.45) is 0 Å². The quantitative estimate of drug-likeness (QED) is 0.735. The number of rotatable bonds is 1. The molecular weight excluding hydrogens is 210 g/mol. The molecule has 0 aliphatic heterocycles. The third-order valence-electron chi connectivity index (χ3n) is 2.51. The van der Waals surface area contributed by atoms with Gasteiger partial charge in [0.2, 0.25) is 0 Å². The van der Waals surface area contributed by atoms with E-state index in [1.807, 2.05) is 19.2 Å². The van der Waals surface area contributed by atoms with Gasteiger partial charge in [0.25, 0.3) is 0 Å². The summed E-state index contributed by atoms with van der Waals surface area (Å²) < 4.78 is 0. The number of hydrogen-bond acceptors (Lipinski definition) is 3. The van der Waals surface area contributed by atoms with Gasteiger partial charge in [-0.1, -0.05) is 29.8 Å². The van der Waals surface area contributed by atoms with Gasteiger partial charge in [0.1, 0.15) is 0 Å². The fourth-order valence-corrected chi connectivity index (χ4v) is 1.45. The fourth-order valence-electron chi connectivity index (χ4n) is 1.45. The number of hydrogen-bond donors (Lipinski definition) is 2. The maximum Gasteiger partial charge on any atom is 0.0602 e. The van der Waals surface area contributed by atoms with Crippen molar-refractivity contribution in [3.63, 3.8) is 0 Å². The van der Waals surface area contributed by atoms with Gasteiger partial charge >= 0.3 is 0 Å². The van der Waals surface area contributed by atoms with E-state index in [1.54, 1.807) is 0 Å². The van der Waals surface area contributed by atoms with Crippen molar-refractivity contribution in [2.75, 3.05) is 5.73 Å². The Bertz CT molecular complexity index is 495. The second-order valence-electron chi connectivity index (χ2n) is 3.76. The molecule has 3 heteroatoms. The van der Waals surface area contributed by atoms with Crippen LogP contribution in [0.4, 0.5) is 5.69 Å². The summed E-state index contributed by atoms with van der Waals surface area (Å²) in [7, 11) is 0. The molecule has 0 fully saturated rings. The normalized spacial score (nSPS) is 9.29. The van der Waals surface area contributed by atoms with Crippen molar-refractivity contribution in [2.45, 2.75) is 13.8 Å². The predicted octanol–water partition coefficient (Wildman–Crippen LogP) is 3.46. The van der Waals surface area contributed by atoms with E-state index < -0.39 is 0 Å². The Morgan fingerprint density at radius 3 is 2.24 bits per heavy atom. The molecule has 0 unspecified atom stereocenters. The molecule has 1 aromatic carbocycles. The second kappa shape index (κ2) is 5.80. The highest BCUT2D eigenvalue weighted by Crippen LogP contribution is 2.22. The maximum atomic E-state index is 5.83. The molecule has 17 heavy (non-hydrogen) atoms. The monoisotopic (exact) mass is 229 g/mol. The van der Waals surface area contributed by atoms with E-state index in [-0.39, 0.29) is 1.43 Å². The Morgan fingerprint density at radius 2 is 1.71 bits per heavy atom. The summed E-state index contributed by atoms with van der Waals surface area (Å²) in [4.78, 5) is 4.25. The molecule has 1 aromatic heterocycles. The molecule has 3 nitrogen and oxygen atoms in total. The molecule has 0 radical (unpaired) electrons. The lowest BCUT2D eigenvalue weighted by molar-refractivity contribution is 1.21. The summed E-state index contributed by atoms with van der Waals surface area (Å²) in [5.41, 5.74) is 10.9. The molecule has 0 atom stereocenters. The Kier molecular flexibility index (Phi) is 4.40. The summed E-state index contributed by atoms with van der Waals surface area (Å²) >= 11 is 0. The van der Waals surface area contributed by atoms with Crippen molar-refractivity contribution in [1.29, 1.82) is 5.41 Å². The highest BCUT2D eigenvalue weighted by atomic mass is 14.7. The highest BCUT2D eigenvalue weighted by Gasteiger charge is 2.00. The molecule has 3 N–H and O–H groups in total. The number of benzene rings is 1. The van der Waals surface area contributed by atoms with Crippen LogP contribution in [0.25, 0.3) is 11.1 Å². The van der Waals surface area contributed by atoms with Crippen LogP contribution in [-0.2, 0) is 0 Å². The third-order valence-corrected chi connectivity index (χ3v) is 2.51. The van der Waals surface area contributed by atoms with Crippen LogP contribution in [0.15, 0.2) is 36.5 Å². The Balaban J connectivity index is 0.000000917. The summed E-state index contributed by atoms with van der Waals surface area (Å²) in [5.74, 6) is 0. The van der Waals surface area contributed by atoms with Crippen LogP contribution in [0.3, 0.4) is 0 Å². The van der Waals surface area contributed by atoms with Gasteiger partial charge in [0.05, 0.1) is 11.4 Å². The van der Waals surface area contributed by atoms with E-state index >= 15 is 0 Å². The molecular formula is C14H19N3. The number of nitrogens with zero attached hydrogens (tertiary/aromatic N) is 1. The van der Waals surface area contributed by atoms with Gasteiger partial charge in [0.15, 0.2) is 0 Å². The lowest BCUT2D eigenvalue weighted by Crippen LogP contribution is -1.93. The first-order valence-electron chi connectivity index (χ1n) is 5.31. The molecule has 0 saturated heterocycles. The van der Waals surface area contributed by atoms with E-state index in [4.69, 9.17) is 11.1 Å². The van der Waals surface area contributed by atoms with Crippen LogP contribution in [0.2, 0.25) is 0 Å². The smallest absolute Gasteiger partial charge is 0.0602 e. The second-order valence-corrected chi connectivity index (χ2v) is 3.76. The van der Waals surface area contributed by atoms with E-state index in [0.717, 1.165) is 22.5 Å². The minimum atomic E-state index is 0. The molecule has 0 bridgehead atoms. The maximum absolute atomic E-state index is 5.83. The number of nitrogens with two attached hydrogens (primary N) is 1. The average Bonchev–Trinajstić information content (AvgIpc) is 2.36. The molecule has 2 rings (SSSR count). The van der Waals surface area contributed by atoms with Crippen LogP contribution >= 0.6 is 0 Å². The van der Waals surface area contributed by atoms with Crippen LogP contribution in [0, 0.1) is 19.3 Å². The molecule has 0 aliphatic rings. The SMILES string of the molecule is C=N.Cc1ccc(-c2cnc(C)c(N)c2)cc1.[HH]. The minimum Gasteiger partial charge on any atom is -0.397 e. The summed E-state index contributed by atoms with van der Waals surface area (Å²) in [6.07, 6.45) is 1.86. The van der Waals surface area contributed by atoms with Gasteiger partial charge in [-0.05, 0) is 32.2 Å². The standard InChI is InChI=1S/C13H14N2.CH3N.H2/c1-9-3-5-11(6-4-9)12-7-13(14)10(2)15-8-12;1-2;/h3-8H,14H2,1-2H3;2H,1H2;1H. The molecule has 0 aliphatic carbocycles. The van der Waals surface area contributed by atoms with Gasteiger partial charge in [-0.25, -0.2) is 0 Å². The lowest BCUT2D eigenvalue weighted by Gasteiger charge is -2.04. The van der Waals surface area contributed by atoms with Crippen LogP contribution in [-0.4, -0.2) is 11.7 Å². The van der Waals surface area contributed by atoms with E-state index in [0.29, 0.717) is 0 Å². The van der Waals surface area contributed by atoms with Crippen molar-refractivity contribution >= 4 is 12.4 Å². The number of aromatic nitrogens is 1. The molecule has 2 aromatic rings. The summed E-state index contributed by atoms with van der Waals surface area (Å²) in [5, 5.41) is 5.50. The lowest BCUT2D eigenvalue weighted by atomic mass is 10.1. The van der Waals surface area contributed by atoms with Crippen molar-refractivity contribution in [3.05, 3.63) is 47.8 Å². The highest BCUT2D eigenvalue weighted by molar-refractivity contribution is 5.67. The summed E-state index contributed by atoms with van der Waals surface area (Å²) in [6, 6.07) is 10.3. The van der Waals surface area contributed by atoms with Crippen LogP contribution in [0.5, 0.6) is 0 Å². The molecule has 1 heterocycles. The largest absolute Gasteiger partial charge is 0.397 e. The van der Waals surface area contributed by atoms with Gasteiger partial charge < -0.3 is 11.1 Å². The number of nitrogens with one attached hydrogen (secondary N) is 1. The van der Waals surface area contributed by atoms with E-state index in [2.05, 4.69) is 42.9 Å². The third kappa shape index (κ3) is 3.14. The van der Waals surface area contributed by atoms with Gasteiger partial charge in [-0.2, -0.15) is 0 Å². The van der Waals surface area contributed by atoms with Gasteiger partial charge in [-0.15, -0.1) is 0 Å².